The minimum atomic E-state index is -0.0251. The molecule has 0 radical (unpaired) electrons. The van der Waals surface area contributed by atoms with Gasteiger partial charge >= 0.3 is 0 Å². The first kappa shape index (κ1) is 20.4. The molecule has 0 aliphatic carbocycles. The average molecular weight is 421 g/mol. The zero-order chi connectivity index (χ0) is 21.4. The topological polar surface area (TPSA) is 60.1 Å². The number of aliphatic hydroxyl groups is 1. The molecule has 0 saturated carbocycles. The Kier molecular flexibility index (Phi) is 5.65. The fourth-order valence-electron chi connectivity index (χ4n) is 5.14. The Hall–Kier alpha value is -2.48. The predicted octanol–water partition coefficient (Wildman–Crippen LogP) is 2.70. The highest BCUT2D eigenvalue weighted by Crippen LogP contribution is 2.29. The molecule has 2 aliphatic heterocycles. The van der Waals surface area contributed by atoms with E-state index in [9.17, 15) is 5.11 Å². The number of piperazine rings is 1. The number of rotatable bonds is 6. The van der Waals surface area contributed by atoms with Gasteiger partial charge in [-0.2, -0.15) is 0 Å². The van der Waals surface area contributed by atoms with Crippen LogP contribution in [0.15, 0.2) is 42.6 Å². The molecule has 0 bridgehead atoms. The molecule has 2 fully saturated rings. The van der Waals surface area contributed by atoms with Crippen LogP contribution in [0.4, 0.5) is 5.82 Å². The quantitative estimate of drug-likeness (QED) is 0.662. The maximum atomic E-state index is 10.3. The number of fused-ring (bicyclic) bond motifs is 2. The zero-order valence-corrected chi connectivity index (χ0v) is 18.5. The molecule has 0 amide bonds. The van der Waals surface area contributed by atoms with Gasteiger partial charge in [-0.15, -0.1) is 0 Å². The highest BCUT2D eigenvalue weighted by atomic mass is 16.3. The van der Waals surface area contributed by atoms with E-state index in [1.807, 2.05) is 24.4 Å². The van der Waals surface area contributed by atoms with Gasteiger partial charge < -0.3 is 10.0 Å². The second kappa shape index (κ2) is 8.57. The molecule has 0 aromatic carbocycles. The lowest BCUT2D eigenvalue weighted by molar-refractivity contribution is 0.229. The number of imidazole rings is 1. The Morgan fingerprint density at radius 1 is 1.16 bits per heavy atom. The van der Waals surface area contributed by atoms with Crippen molar-refractivity contribution in [3.63, 3.8) is 0 Å². The largest absolute Gasteiger partial charge is 0.390 e. The highest BCUT2D eigenvalue weighted by Gasteiger charge is 2.31. The van der Waals surface area contributed by atoms with Gasteiger partial charge in [0.05, 0.1) is 23.7 Å². The molecule has 2 atom stereocenters. The van der Waals surface area contributed by atoms with Gasteiger partial charge in [0.25, 0.3) is 0 Å². The van der Waals surface area contributed by atoms with E-state index >= 15 is 0 Å². The number of aliphatic hydroxyl groups excluding tert-OH is 1. The van der Waals surface area contributed by atoms with E-state index in [0.29, 0.717) is 12.6 Å². The number of pyridine rings is 2. The van der Waals surface area contributed by atoms with Crippen LogP contribution in [0.1, 0.15) is 42.9 Å². The lowest BCUT2D eigenvalue weighted by Crippen LogP contribution is -2.50. The normalized spacial score (nSPS) is 20.5. The van der Waals surface area contributed by atoms with E-state index in [-0.39, 0.29) is 12.6 Å². The molecule has 5 rings (SSSR count). The summed E-state index contributed by atoms with van der Waals surface area (Å²) in [5.74, 6) is 1.15. The molecule has 31 heavy (non-hydrogen) atoms. The third-order valence-corrected chi connectivity index (χ3v) is 7.04. The van der Waals surface area contributed by atoms with Crippen LogP contribution in [0.25, 0.3) is 5.65 Å². The number of hydrogen-bond donors (Lipinski definition) is 1. The van der Waals surface area contributed by atoms with Crippen LogP contribution in [0, 0.1) is 0 Å². The number of anilines is 1. The summed E-state index contributed by atoms with van der Waals surface area (Å²) in [7, 11) is 2.09. The molecule has 2 saturated heterocycles. The van der Waals surface area contributed by atoms with Crippen LogP contribution >= 0.6 is 0 Å². The van der Waals surface area contributed by atoms with Crippen LogP contribution in [-0.4, -0.2) is 68.5 Å². The molecule has 0 unspecified atom stereocenters. The van der Waals surface area contributed by atoms with Crippen molar-refractivity contribution in [2.75, 3.05) is 38.1 Å². The Bertz CT molecular complexity index is 1040. The fourth-order valence-corrected chi connectivity index (χ4v) is 5.14. The zero-order valence-electron chi connectivity index (χ0n) is 18.5. The van der Waals surface area contributed by atoms with Gasteiger partial charge in [-0.1, -0.05) is 12.1 Å². The monoisotopic (exact) mass is 420 g/mol. The van der Waals surface area contributed by atoms with E-state index in [1.54, 1.807) is 0 Å². The predicted molar refractivity (Wildman–Crippen MR) is 122 cm³/mol. The molecule has 3 aromatic heterocycles. The van der Waals surface area contributed by atoms with E-state index in [4.69, 9.17) is 4.98 Å². The SMILES string of the molecule is C[C@@H](c1ccccn1)N(C)Cc1nc2cccc(N3CCN4CCC[C@H]4C3)n2c1CO. The van der Waals surface area contributed by atoms with Gasteiger partial charge in [0.15, 0.2) is 0 Å². The van der Waals surface area contributed by atoms with Crippen molar-refractivity contribution in [2.45, 2.75) is 45.0 Å². The van der Waals surface area contributed by atoms with E-state index in [0.717, 1.165) is 48.2 Å². The fraction of sp³-hybridized carbons (Fsp3) is 0.500. The molecule has 2 aliphatic rings. The van der Waals surface area contributed by atoms with Crippen molar-refractivity contribution in [3.8, 4) is 0 Å². The third-order valence-electron chi connectivity index (χ3n) is 7.04. The third kappa shape index (κ3) is 3.82. The van der Waals surface area contributed by atoms with Crippen molar-refractivity contribution < 1.29 is 5.11 Å². The van der Waals surface area contributed by atoms with Crippen molar-refractivity contribution in [1.29, 1.82) is 0 Å². The van der Waals surface area contributed by atoms with Crippen LogP contribution < -0.4 is 4.90 Å². The van der Waals surface area contributed by atoms with E-state index in [2.05, 4.69) is 56.3 Å². The molecule has 3 aromatic rings. The molecule has 0 spiro atoms. The lowest BCUT2D eigenvalue weighted by atomic mass is 10.1. The number of aromatic nitrogens is 3. The maximum Gasteiger partial charge on any atom is 0.138 e. The van der Waals surface area contributed by atoms with Gasteiger partial charge in [0, 0.05) is 44.5 Å². The van der Waals surface area contributed by atoms with E-state index < -0.39 is 0 Å². The molecule has 5 heterocycles. The Morgan fingerprint density at radius 3 is 2.87 bits per heavy atom. The summed E-state index contributed by atoms with van der Waals surface area (Å²) >= 11 is 0. The summed E-state index contributed by atoms with van der Waals surface area (Å²) in [5.41, 5.74) is 3.76. The van der Waals surface area contributed by atoms with Crippen molar-refractivity contribution in [1.82, 2.24) is 24.2 Å². The lowest BCUT2D eigenvalue weighted by Gasteiger charge is -2.39. The van der Waals surface area contributed by atoms with Gasteiger partial charge in [0.2, 0.25) is 0 Å². The molecule has 7 nitrogen and oxygen atoms in total. The van der Waals surface area contributed by atoms with Gasteiger partial charge in [-0.3, -0.25) is 19.2 Å². The molecule has 7 heteroatoms. The Balaban J connectivity index is 1.44. The highest BCUT2D eigenvalue weighted by molar-refractivity contribution is 5.55. The van der Waals surface area contributed by atoms with Crippen molar-refractivity contribution in [2.24, 2.45) is 0 Å². The first-order valence-corrected chi connectivity index (χ1v) is 11.4. The van der Waals surface area contributed by atoms with Gasteiger partial charge in [0.1, 0.15) is 11.5 Å². The maximum absolute atomic E-state index is 10.3. The minimum absolute atomic E-state index is 0.0251. The summed E-state index contributed by atoms with van der Waals surface area (Å²) in [6, 6.07) is 13.1. The minimum Gasteiger partial charge on any atom is -0.390 e. The Labute approximate surface area is 183 Å². The first-order chi connectivity index (χ1) is 15.2. The summed E-state index contributed by atoms with van der Waals surface area (Å²) in [6.07, 6.45) is 4.42. The summed E-state index contributed by atoms with van der Waals surface area (Å²) in [5, 5.41) is 10.3. The smallest absolute Gasteiger partial charge is 0.138 e. The van der Waals surface area contributed by atoms with Crippen LogP contribution in [-0.2, 0) is 13.2 Å². The second-order valence-electron chi connectivity index (χ2n) is 8.86. The molecule has 1 N–H and O–H groups in total. The standard InChI is InChI=1S/C24H32N6O/c1-18(20-8-3-4-11-25-20)27(2)16-21-22(17-31)30-23(26-21)9-5-10-24(30)29-14-13-28-12-6-7-19(28)15-29/h3-5,8-11,18-19,31H,6-7,12-17H2,1-2H3/t18-,19-/m0/s1. The Morgan fingerprint density at radius 2 is 2.06 bits per heavy atom. The van der Waals surface area contributed by atoms with Crippen LogP contribution in [0.3, 0.4) is 0 Å². The molecule has 164 valence electrons. The van der Waals surface area contributed by atoms with Gasteiger partial charge in [-0.25, -0.2) is 4.98 Å². The van der Waals surface area contributed by atoms with Gasteiger partial charge in [-0.05, 0) is 57.6 Å². The van der Waals surface area contributed by atoms with E-state index in [1.165, 1.54) is 19.4 Å². The summed E-state index contributed by atoms with van der Waals surface area (Å²) in [6.45, 7) is 7.21. The number of nitrogens with zero attached hydrogens (tertiary/aromatic N) is 6. The molecular weight excluding hydrogens is 388 g/mol. The van der Waals surface area contributed by atoms with Crippen LogP contribution in [0.2, 0.25) is 0 Å². The summed E-state index contributed by atoms with van der Waals surface area (Å²) < 4.78 is 2.17. The second-order valence-corrected chi connectivity index (χ2v) is 8.86. The van der Waals surface area contributed by atoms with Crippen molar-refractivity contribution in [3.05, 3.63) is 59.7 Å². The molecular formula is C24H32N6O. The van der Waals surface area contributed by atoms with Crippen LogP contribution in [0.5, 0.6) is 0 Å². The number of hydrogen-bond acceptors (Lipinski definition) is 6. The summed E-state index contributed by atoms with van der Waals surface area (Å²) in [4.78, 5) is 16.8. The average Bonchev–Trinajstić information content (AvgIpc) is 3.42. The van der Waals surface area contributed by atoms with Crippen molar-refractivity contribution >= 4 is 11.5 Å². The first-order valence-electron chi connectivity index (χ1n) is 11.4.